The molecule has 0 spiro atoms. The van der Waals surface area contributed by atoms with Crippen LogP contribution < -0.4 is 10.6 Å². The summed E-state index contributed by atoms with van der Waals surface area (Å²) in [4.78, 5) is 37.0. The van der Waals surface area contributed by atoms with Crippen LogP contribution in [0.4, 0.5) is 4.79 Å². The number of aliphatic carboxylic acids is 1. The summed E-state index contributed by atoms with van der Waals surface area (Å²) in [6.45, 7) is 3.98. The highest BCUT2D eigenvalue weighted by atomic mass is 16.5. The molecular formula is C27H32N2O5. The van der Waals surface area contributed by atoms with E-state index in [1.54, 1.807) is 13.8 Å². The number of ether oxygens (including phenoxy) is 1. The molecule has 0 bridgehead atoms. The fraction of sp³-hybridized carbons (Fsp3) is 0.444. The van der Waals surface area contributed by atoms with Gasteiger partial charge in [0.25, 0.3) is 0 Å². The van der Waals surface area contributed by atoms with E-state index >= 15 is 0 Å². The van der Waals surface area contributed by atoms with Gasteiger partial charge < -0.3 is 20.5 Å². The largest absolute Gasteiger partial charge is 0.481 e. The van der Waals surface area contributed by atoms with E-state index in [1.807, 2.05) is 24.3 Å². The Morgan fingerprint density at radius 2 is 1.56 bits per heavy atom. The lowest BCUT2D eigenvalue weighted by atomic mass is 9.88. The Morgan fingerprint density at radius 1 is 1.00 bits per heavy atom. The highest BCUT2D eigenvalue weighted by Crippen LogP contribution is 2.44. The Kier molecular flexibility index (Phi) is 6.64. The minimum atomic E-state index is -1.03. The van der Waals surface area contributed by atoms with Gasteiger partial charge in [0, 0.05) is 12.5 Å². The number of rotatable bonds is 8. The molecule has 1 saturated carbocycles. The average Bonchev–Trinajstić information content (AvgIpc) is 3.39. The van der Waals surface area contributed by atoms with Crippen molar-refractivity contribution in [2.75, 3.05) is 13.2 Å². The van der Waals surface area contributed by atoms with Gasteiger partial charge in [0.2, 0.25) is 5.91 Å². The highest BCUT2D eigenvalue weighted by Gasteiger charge is 2.43. The van der Waals surface area contributed by atoms with Crippen molar-refractivity contribution >= 4 is 18.0 Å². The fourth-order valence-corrected chi connectivity index (χ4v) is 5.18. The van der Waals surface area contributed by atoms with Crippen LogP contribution >= 0.6 is 0 Å². The number of benzene rings is 2. The molecule has 180 valence electrons. The van der Waals surface area contributed by atoms with Crippen molar-refractivity contribution in [2.24, 2.45) is 5.41 Å². The van der Waals surface area contributed by atoms with Crippen LogP contribution in [0.25, 0.3) is 11.1 Å². The molecule has 2 amide bonds. The zero-order chi connectivity index (χ0) is 24.3. The SMILES string of the molecule is CC(C)(CNC(=O)C1(NC(=O)OCC2c3ccccc3-c3ccccc32)CCCC1)CC(=O)O. The molecule has 0 saturated heterocycles. The van der Waals surface area contributed by atoms with Crippen LogP contribution in [-0.2, 0) is 14.3 Å². The molecule has 7 heteroatoms. The lowest BCUT2D eigenvalue weighted by molar-refractivity contribution is -0.139. The van der Waals surface area contributed by atoms with Crippen molar-refractivity contribution in [2.45, 2.75) is 57.4 Å². The topological polar surface area (TPSA) is 105 Å². The summed E-state index contributed by atoms with van der Waals surface area (Å²) in [5.74, 6) is -1.24. The smallest absolute Gasteiger partial charge is 0.408 e. The van der Waals surface area contributed by atoms with E-state index in [0.29, 0.717) is 12.8 Å². The molecular weight excluding hydrogens is 432 g/mol. The number of carbonyl (C=O) groups excluding carboxylic acids is 2. The van der Waals surface area contributed by atoms with Crippen molar-refractivity contribution in [1.29, 1.82) is 0 Å². The number of carboxylic acid groups (broad SMARTS) is 1. The maximum Gasteiger partial charge on any atom is 0.408 e. The minimum absolute atomic E-state index is 0.0525. The van der Waals surface area contributed by atoms with E-state index in [2.05, 4.69) is 34.9 Å². The molecule has 2 aliphatic rings. The lowest BCUT2D eigenvalue weighted by Crippen LogP contribution is -2.58. The van der Waals surface area contributed by atoms with Crippen molar-refractivity contribution < 1.29 is 24.2 Å². The van der Waals surface area contributed by atoms with E-state index in [0.717, 1.165) is 35.1 Å². The monoisotopic (exact) mass is 464 g/mol. The second-order valence-corrected chi connectivity index (χ2v) is 10.2. The van der Waals surface area contributed by atoms with E-state index < -0.39 is 23.0 Å². The Balaban J connectivity index is 1.40. The standard InChI is InChI=1S/C27H32N2O5/c1-26(2,15-23(30)31)17-28-24(32)27(13-7-8-14-27)29-25(33)34-16-22-20-11-5-3-9-18(20)19-10-4-6-12-21(19)22/h3-6,9-12,22H,7-8,13-17H2,1-2H3,(H,28,32)(H,29,33)(H,30,31). The van der Waals surface area contributed by atoms with Gasteiger partial charge in [-0.2, -0.15) is 0 Å². The molecule has 0 aromatic heterocycles. The first kappa shape index (κ1) is 23.8. The van der Waals surface area contributed by atoms with E-state index in [-0.39, 0.29) is 31.4 Å². The van der Waals surface area contributed by atoms with Crippen LogP contribution in [0.15, 0.2) is 48.5 Å². The number of amides is 2. The molecule has 34 heavy (non-hydrogen) atoms. The summed E-state index contributed by atoms with van der Waals surface area (Å²) in [6.07, 6.45) is 2.06. The lowest BCUT2D eigenvalue weighted by Gasteiger charge is -2.31. The minimum Gasteiger partial charge on any atom is -0.481 e. The van der Waals surface area contributed by atoms with Gasteiger partial charge in [-0.05, 0) is 40.5 Å². The molecule has 2 aliphatic carbocycles. The first-order valence-corrected chi connectivity index (χ1v) is 11.8. The Morgan fingerprint density at radius 3 is 2.12 bits per heavy atom. The zero-order valence-corrected chi connectivity index (χ0v) is 19.7. The summed E-state index contributed by atoms with van der Waals surface area (Å²) >= 11 is 0. The Hall–Kier alpha value is -3.35. The van der Waals surface area contributed by atoms with Gasteiger partial charge >= 0.3 is 12.1 Å². The molecule has 0 radical (unpaired) electrons. The Labute approximate surface area is 199 Å². The van der Waals surface area contributed by atoms with Gasteiger partial charge in [0.15, 0.2) is 0 Å². The zero-order valence-electron chi connectivity index (χ0n) is 19.7. The normalized spacial score (nSPS) is 16.4. The molecule has 3 N–H and O–H groups in total. The number of hydrogen-bond acceptors (Lipinski definition) is 4. The van der Waals surface area contributed by atoms with Crippen LogP contribution in [0.5, 0.6) is 0 Å². The van der Waals surface area contributed by atoms with Crippen LogP contribution in [0.1, 0.15) is 63.0 Å². The third-order valence-corrected chi connectivity index (χ3v) is 6.93. The van der Waals surface area contributed by atoms with Gasteiger partial charge in [0.1, 0.15) is 12.1 Å². The molecule has 0 aliphatic heterocycles. The fourth-order valence-electron chi connectivity index (χ4n) is 5.18. The van der Waals surface area contributed by atoms with Crippen LogP contribution in [0.2, 0.25) is 0 Å². The van der Waals surface area contributed by atoms with Crippen molar-refractivity contribution in [1.82, 2.24) is 10.6 Å². The number of alkyl carbamates (subject to hydrolysis) is 1. The molecule has 1 fully saturated rings. The van der Waals surface area contributed by atoms with E-state index in [1.165, 1.54) is 0 Å². The number of carboxylic acids is 1. The summed E-state index contributed by atoms with van der Waals surface area (Å²) in [7, 11) is 0. The third-order valence-electron chi connectivity index (χ3n) is 6.93. The summed E-state index contributed by atoms with van der Waals surface area (Å²) in [5.41, 5.74) is 2.95. The van der Waals surface area contributed by atoms with Crippen molar-refractivity contribution in [3.8, 4) is 11.1 Å². The van der Waals surface area contributed by atoms with Crippen LogP contribution in [0, 0.1) is 5.41 Å². The van der Waals surface area contributed by atoms with Crippen LogP contribution in [-0.4, -0.2) is 41.8 Å². The molecule has 0 unspecified atom stereocenters. The first-order chi connectivity index (χ1) is 16.2. The molecule has 4 rings (SSSR count). The first-order valence-electron chi connectivity index (χ1n) is 11.8. The van der Waals surface area contributed by atoms with Crippen molar-refractivity contribution in [3.63, 3.8) is 0 Å². The molecule has 0 heterocycles. The predicted octanol–water partition coefficient (Wildman–Crippen LogP) is 4.46. The molecule has 2 aromatic rings. The summed E-state index contributed by atoms with van der Waals surface area (Å²) in [6, 6.07) is 16.3. The number of nitrogens with one attached hydrogen (secondary N) is 2. The summed E-state index contributed by atoms with van der Waals surface area (Å²) in [5, 5.41) is 14.8. The second kappa shape index (κ2) is 9.49. The van der Waals surface area contributed by atoms with E-state index in [4.69, 9.17) is 9.84 Å². The quantitative estimate of drug-likeness (QED) is 0.535. The molecule has 0 atom stereocenters. The maximum absolute atomic E-state index is 13.1. The molecule has 2 aromatic carbocycles. The molecule has 7 nitrogen and oxygen atoms in total. The second-order valence-electron chi connectivity index (χ2n) is 10.2. The predicted molar refractivity (Wildman–Crippen MR) is 128 cm³/mol. The maximum atomic E-state index is 13.1. The van der Waals surface area contributed by atoms with Gasteiger partial charge in [-0.1, -0.05) is 75.2 Å². The van der Waals surface area contributed by atoms with Gasteiger partial charge in [-0.25, -0.2) is 4.79 Å². The average molecular weight is 465 g/mol. The van der Waals surface area contributed by atoms with Gasteiger partial charge in [-0.15, -0.1) is 0 Å². The Bertz CT molecular complexity index is 1040. The van der Waals surface area contributed by atoms with E-state index in [9.17, 15) is 14.4 Å². The number of hydrogen-bond donors (Lipinski definition) is 3. The number of carbonyl (C=O) groups is 3. The summed E-state index contributed by atoms with van der Waals surface area (Å²) < 4.78 is 5.67. The van der Waals surface area contributed by atoms with Crippen LogP contribution in [0.3, 0.4) is 0 Å². The third kappa shape index (κ3) is 4.93. The van der Waals surface area contributed by atoms with Gasteiger partial charge in [0.05, 0.1) is 6.42 Å². The highest BCUT2D eigenvalue weighted by molar-refractivity contribution is 5.90. The number of fused-ring (bicyclic) bond motifs is 3. The van der Waals surface area contributed by atoms with Gasteiger partial charge in [-0.3, -0.25) is 9.59 Å². The van der Waals surface area contributed by atoms with Crippen molar-refractivity contribution in [3.05, 3.63) is 59.7 Å².